The summed E-state index contributed by atoms with van der Waals surface area (Å²) in [6.07, 6.45) is -0.102. The van der Waals surface area contributed by atoms with E-state index in [2.05, 4.69) is 20.3 Å². The number of halogens is 5. The number of alkyl halides is 2. The van der Waals surface area contributed by atoms with Crippen LogP contribution in [0.4, 0.5) is 17.6 Å². The number of hydrogen-bond donors (Lipinski definition) is 1. The zero-order valence-corrected chi connectivity index (χ0v) is 21.7. The minimum atomic E-state index is -2.73. The average molecular weight is 560 g/mol. The molecule has 1 amide bonds. The van der Waals surface area contributed by atoms with Crippen LogP contribution in [0, 0.1) is 18.7 Å². The number of carbonyl (C=O) groups is 1. The Morgan fingerprint density at radius 1 is 1.32 bits per heavy atom. The Labute approximate surface area is 221 Å². The van der Waals surface area contributed by atoms with Crippen LogP contribution < -0.4 is 10.1 Å². The zero-order chi connectivity index (χ0) is 26.9. The first-order valence-electron chi connectivity index (χ1n) is 11.4. The van der Waals surface area contributed by atoms with Crippen molar-refractivity contribution >= 4 is 34.8 Å². The fourth-order valence-electron chi connectivity index (χ4n) is 3.86. The van der Waals surface area contributed by atoms with Crippen LogP contribution >= 0.6 is 23.4 Å². The minimum Gasteiger partial charge on any atom is -0.474 e. The number of nitrogens with one attached hydrogen (secondary N) is 1. The lowest BCUT2D eigenvalue weighted by atomic mass is 10.0. The molecule has 0 aliphatic carbocycles. The molecule has 37 heavy (non-hydrogen) atoms. The Morgan fingerprint density at radius 3 is 2.70 bits per heavy atom. The summed E-state index contributed by atoms with van der Waals surface area (Å²) >= 11 is 7.02. The largest absolute Gasteiger partial charge is 0.474 e. The molecular weight excluding hydrogens is 534 g/mol. The number of hydrogen-bond acceptors (Lipinski definition) is 7. The third kappa shape index (κ3) is 7.89. The van der Waals surface area contributed by atoms with Gasteiger partial charge in [-0.3, -0.25) is 14.7 Å². The van der Waals surface area contributed by atoms with E-state index in [1.54, 1.807) is 0 Å². The first kappa shape index (κ1) is 28.9. The number of aromatic nitrogens is 2. The number of amides is 1. The molecule has 1 saturated heterocycles. The van der Waals surface area contributed by atoms with Gasteiger partial charge in [0, 0.05) is 31.6 Å². The summed E-state index contributed by atoms with van der Waals surface area (Å²) in [5.74, 6) is -2.04. The Kier molecular flexibility index (Phi) is 10.7. The van der Waals surface area contributed by atoms with E-state index in [0.29, 0.717) is 25.9 Å². The number of allylic oxidation sites excluding steroid dienone is 1. The zero-order valence-electron chi connectivity index (χ0n) is 20.1. The Morgan fingerprint density at radius 2 is 2.05 bits per heavy atom. The number of carbonyl (C=O) groups excluding carboxylic acids is 1. The topological polar surface area (TPSA) is 79.7 Å². The number of rotatable bonds is 10. The molecule has 13 heteroatoms. The van der Waals surface area contributed by atoms with E-state index in [1.807, 2.05) is 4.90 Å². The molecule has 1 aromatic carbocycles. The molecule has 1 aliphatic heterocycles. The summed E-state index contributed by atoms with van der Waals surface area (Å²) in [6, 6.07) is 3.24. The summed E-state index contributed by atoms with van der Waals surface area (Å²) in [5, 5.41) is 2.58. The predicted octanol–water partition coefficient (Wildman–Crippen LogP) is 4.90. The van der Waals surface area contributed by atoms with Gasteiger partial charge >= 0.3 is 0 Å². The third-order valence-electron chi connectivity index (χ3n) is 5.73. The van der Waals surface area contributed by atoms with Crippen LogP contribution in [0.5, 0.6) is 5.88 Å². The maximum absolute atomic E-state index is 14.2. The van der Waals surface area contributed by atoms with E-state index in [9.17, 15) is 22.4 Å². The molecule has 0 radical (unpaired) electrons. The number of aliphatic imine (C=N–C) groups is 1. The second-order valence-corrected chi connectivity index (χ2v) is 9.48. The van der Waals surface area contributed by atoms with E-state index in [1.165, 1.54) is 31.7 Å². The monoisotopic (exact) mass is 559 g/mol. The van der Waals surface area contributed by atoms with Crippen LogP contribution in [0.1, 0.15) is 28.8 Å². The quantitative estimate of drug-likeness (QED) is 0.193. The normalized spacial score (nSPS) is 16.4. The Bertz CT molecular complexity index is 1130. The summed E-state index contributed by atoms with van der Waals surface area (Å²) in [4.78, 5) is 26.3. The SMILES string of the molecule is CN=CS/C(=C/C(F)F)C(CNC(=O)c1c(F)cccc1Cl)N1CCC(Oc2ncnc(F)c2C)CC1. The molecule has 1 aromatic heterocycles. The van der Waals surface area contributed by atoms with Crippen molar-refractivity contribution in [1.29, 1.82) is 0 Å². The summed E-state index contributed by atoms with van der Waals surface area (Å²) in [5.41, 5.74) is 1.32. The lowest BCUT2D eigenvalue weighted by Crippen LogP contribution is -2.49. The molecule has 1 fully saturated rings. The smallest absolute Gasteiger partial charge is 0.258 e. The van der Waals surface area contributed by atoms with Crippen LogP contribution in [0.3, 0.4) is 0 Å². The van der Waals surface area contributed by atoms with Gasteiger partial charge in [-0.25, -0.2) is 23.1 Å². The fourth-order valence-corrected chi connectivity index (χ4v) is 4.91. The van der Waals surface area contributed by atoms with Crippen molar-refractivity contribution in [3.8, 4) is 5.88 Å². The molecule has 0 bridgehead atoms. The van der Waals surface area contributed by atoms with Crippen molar-refractivity contribution in [1.82, 2.24) is 20.2 Å². The molecule has 2 aromatic rings. The number of thioether (sulfide) groups is 1. The van der Waals surface area contributed by atoms with Crippen molar-refractivity contribution in [3.63, 3.8) is 0 Å². The van der Waals surface area contributed by atoms with Gasteiger partial charge in [0.2, 0.25) is 11.8 Å². The molecule has 1 N–H and O–H groups in total. The first-order chi connectivity index (χ1) is 17.7. The number of likely N-dealkylation sites (tertiary alicyclic amines) is 1. The van der Waals surface area contributed by atoms with Gasteiger partial charge in [-0.15, -0.1) is 0 Å². The number of piperidine rings is 1. The number of ether oxygens (including phenoxy) is 1. The molecule has 2 heterocycles. The summed E-state index contributed by atoms with van der Waals surface area (Å²) in [7, 11) is 1.52. The molecule has 1 aliphatic rings. The molecule has 200 valence electrons. The first-order valence-corrected chi connectivity index (χ1v) is 12.6. The third-order valence-corrected chi connectivity index (χ3v) is 7.04. The molecular formula is C24H26ClF4N5O2S. The maximum Gasteiger partial charge on any atom is 0.258 e. The molecule has 1 atom stereocenters. The number of nitrogens with zero attached hydrogens (tertiary/aromatic N) is 4. The van der Waals surface area contributed by atoms with Crippen molar-refractivity contribution < 1.29 is 27.1 Å². The lowest BCUT2D eigenvalue weighted by molar-refractivity contribution is 0.0772. The van der Waals surface area contributed by atoms with Crippen LogP contribution in [0.15, 0.2) is 40.5 Å². The van der Waals surface area contributed by atoms with Crippen molar-refractivity contribution in [2.75, 3.05) is 26.7 Å². The Balaban J connectivity index is 1.76. The molecule has 3 rings (SSSR count). The van der Waals surface area contributed by atoms with Gasteiger partial charge in [0.05, 0.1) is 27.7 Å². The summed E-state index contributed by atoms with van der Waals surface area (Å²) in [6.45, 7) is 2.31. The second kappa shape index (κ2) is 13.7. The Hall–Kier alpha value is -2.70. The highest BCUT2D eigenvalue weighted by Crippen LogP contribution is 2.28. The van der Waals surface area contributed by atoms with E-state index in [4.69, 9.17) is 16.3 Å². The van der Waals surface area contributed by atoms with Gasteiger partial charge in [0.1, 0.15) is 18.2 Å². The van der Waals surface area contributed by atoms with Gasteiger partial charge in [-0.2, -0.15) is 4.39 Å². The van der Waals surface area contributed by atoms with Crippen LogP contribution in [-0.2, 0) is 0 Å². The molecule has 0 spiro atoms. The van der Waals surface area contributed by atoms with Crippen molar-refractivity contribution in [2.24, 2.45) is 4.99 Å². The van der Waals surface area contributed by atoms with E-state index < -0.39 is 30.1 Å². The standard InChI is InChI=1S/C24H26ClF4N5O2S/c1-14-22(29)32-12-33-24(14)36-15-6-8-34(9-7-15)18(19(10-20(27)28)37-13-30-2)11-31-23(35)21-16(25)4-3-5-17(21)26/h3-5,10,12-13,15,18,20H,6-9,11H2,1-2H3,(H,31,35)/b19-10+,30-13?. The van der Waals surface area contributed by atoms with Gasteiger partial charge < -0.3 is 10.1 Å². The van der Waals surface area contributed by atoms with Crippen molar-refractivity contribution in [3.05, 3.63) is 63.4 Å². The van der Waals surface area contributed by atoms with E-state index in [0.717, 1.165) is 30.2 Å². The summed E-state index contributed by atoms with van der Waals surface area (Å²) < 4.78 is 60.6. The van der Waals surface area contributed by atoms with Gasteiger partial charge in [0.15, 0.2) is 0 Å². The van der Waals surface area contributed by atoms with Gasteiger partial charge in [-0.05, 0) is 38.0 Å². The van der Waals surface area contributed by atoms with Crippen LogP contribution in [0.2, 0.25) is 5.02 Å². The molecule has 7 nitrogen and oxygen atoms in total. The number of benzene rings is 1. The van der Waals surface area contributed by atoms with Crippen molar-refractivity contribution in [2.45, 2.75) is 38.3 Å². The van der Waals surface area contributed by atoms with Crippen LogP contribution in [-0.4, -0.2) is 71.6 Å². The lowest BCUT2D eigenvalue weighted by Gasteiger charge is -2.38. The highest BCUT2D eigenvalue weighted by atomic mass is 35.5. The van der Waals surface area contributed by atoms with Crippen LogP contribution in [0.25, 0.3) is 0 Å². The van der Waals surface area contributed by atoms with E-state index >= 15 is 0 Å². The van der Waals surface area contributed by atoms with Gasteiger partial charge in [-0.1, -0.05) is 29.4 Å². The molecule has 1 unspecified atom stereocenters. The predicted molar refractivity (Wildman–Crippen MR) is 136 cm³/mol. The second-order valence-electron chi connectivity index (χ2n) is 8.16. The molecule has 0 saturated carbocycles. The van der Waals surface area contributed by atoms with E-state index in [-0.39, 0.29) is 39.6 Å². The fraction of sp³-hybridized carbons (Fsp3) is 0.417. The minimum absolute atomic E-state index is 0.0562. The van der Waals surface area contributed by atoms with Gasteiger partial charge in [0.25, 0.3) is 12.3 Å². The average Bonchev–Trinajstić information content (AvgIpc) is 2.85. The highest BCUT2D eigenvalue weighted by Gasteiger charge is 2.30. The highest BCUT2D eigenvalue weighted by molar-refractivity contribution is 8.15. The maximum atomic E-state index is 14.2.